The van der Waals surface area contributed by atoms with Crippen molar-refractivity contribution in [2.45, 2.75) is 44.1 Å². The van der Waals surface area contributed by atoms with E-state index in [-0.39, 0.29) is 22.5 Å². The van der Waals surface area contributed by atoms with Gasteiger partial charge in [-0.2, -0.15) is 0 Å². The molecule has 0 aliphatic carbocycles. The Morgan fingerprint density at radius 3 is 2.40 bits per heavy atom. The fraction of sp³-hybridized carbons (Fsp3) is 0.409. The molecular weight excluding hydrogens is 404 g/mol. The van der Waals surface area contributed by atoms with Gasteiger partial charge in [-0.15, -0.1) is 0 Å². The van der Waals surface area contributed by atoms with Gasteiger partial charge in [0, 0.05) is 13.1 Å². The van der Waals surface area contributed by atoms with E-state index < -0.39 is 10.0 Å². The van der Waals surface area contributed by atoms with Gasteiger partial charge >= 0.3 is 0 Å². The molecule has 0 atom stereocenters. The van der Waals surface area contributed by atoms with Crippen molar-refractivity contribution in [1.29, 1.82) is 0 Å². The van der Waals surface area contributed by atoms with E-state index in [1.807, 2.05) is 13.8 Å². The molecule has 3 rings (SSSR count). The first-order valence-electron chi connectivity index (χ1n) is 10.1. The number of benzene rings is 2. The quantitative estimate of drug-likeness (QED) is 0.717. The average Bonchev–Trinajstić information content (AvgIpc) is 2.74. The minimum atomic E-state index is -3.94. The van der Waals surface area contributed by atoms with Gasteiger partial charge in [0.05, 0.1) is 29.4 Å². The molecule has 30 heavy (non-hydrogen) atoms. The van der Waals surface area contributed by atoms with Crippen LogP contribution in [0.5, 0.6) is 11.5 Å². The number of nitrogens with zero attached hydrogens (tertiary/aromatic N) is 1. The summed E-state index contributed by atoms with van der Waals surface area (Å²) in [7, 11) is -2.47. The predicted molar refractivity (Wildman–Crippen MR) is 116 cm³/mol. The molecule has 0 saturated carbocycles. The number of methoxy groups -OCH3 is 1. The Labute approximate surface area is 178 Å². The summed E-state index contributed by atoms with van der Waals surface area (Å²) in [5.41, 5.74) is 0.583. The van der Waals surface area contributed by atoms with E-state index in [0.29, 0.717) is 30.3 Å². The number of piperidine rings is 1. The zero-order chi connectivity index (χ0) is 21.7. The molecule has 1 N–H and O–H groups in total. The largest absolute Gasteiger partial charge is 0.496 e. The van der Waals surface area contributed by atoms with Crippen molar-refractivity contribution in [3.05, 3.63) is 48.0 Å². The van der Waals surface area contributed by atoms with Crippen LogP contribution in [0.25, 0.3) is 0 Å². The first-order valence-corrected chi connectivity index (χ1v) is 11.6. The third-order valence-electron chi connectivity index (χ3n) is 4.85. The van der Waals surface area contributed by atoms with Gasteiger partial charge in [0.25, 0.3) is 15.9 Å². The van der Waals surface area contributed by atoms with Crippen LogP contribution in [0.2, 0.25) is 0 Å². The number of nitrogens with one attached hydrogen (secondary N) is 1. The number of anilines is 1. The smallest absolute Gasteiger partial charge is 0.262 e. The number of ether oxygens (including phenoxy) is 2. The van der Waals surface area contributed by atoms with E-state index in [4.69, 9.17) is 9.47 Å². The molecule has 1 aliphatic rings. The molecule has 1 saturated heterocycles. The van der Waals surface area contributed by atoms with Crippen LogP contribution >= 0.6 is 0 Å². The molecule has 1 fully saturated rings. The highest BCUT2D eigenvalue weighted by atomic mass is 32.2. The first kappa shape index (κ1) is 22.0. The summed E-state index contributed by atoms with van der Waals surface area (Å²) in [5.74, 6) is 0.578. The van der Waals surface area contributed by atoms with E-state index >= 15 is 0 Å². The molecular formula is C22H28N2O5S. The summed E-state index contributed by atoms with van der Waals surface area (Å²) in [6.07, 6.45) is 2.88. The third kappa shape index (κ3) is 5.05. The number of likely N-dealkylation sites (tertiary alicyclic amines) is 1. The van der Waals surface area contributed by atoms with Gasteiger partial charge in [0.15, 0.2) is 0 Å². The molecule has 0 radical (unpaired) electrons. The molecule has 1 aliphatic heterocycles. The first-order chi connectivity index (χ1) is 14.3. The monoisotopic (exact) mass is 432 g/mol. The van der Waals surface area contributed by atoms with Crippen molar-refractivity contribution >= 4 is 21.6 Å². The van der Waals surface area contributed by atoms with Crippen LogP contribution < -0.4 is 14.2 Å². The number of carbonyl (C=O) groups is 1. The summed E-state index contributed by atoms with van der Waals surface area (Å²) in [6, 6.07) is 11.2. The van der Waals surface area contributed by atoms with Crippen molar-refractivity contribution in [3.63, 3.8) is 0 Å². The maximum Gasteiger partial charge on any atom is 0.262 e. The minimum Gasteiger partial charge on any atom is -0.496 e. The van der Waals surface area contributed by atoms with Crippen LogP contribution in [-0.2, 0) is 10.0 Å². The maximum absolute atomic E-state index is 13.1. The Morgan fingerprint density at radius 1 is 1.03 bits per heavy atom. The summed E-state index contributed by atoms with van der Waals surface area (Å²) >= 11 is 0. The van der Waals surface area contributed by atoms with Gasteiger partial charge in [-0.05, 0) is 63.4 Å². The molecule has 1 amide bonds. The lowest BCUT2D eigenvalue weighted by Crippen LogP contribution is -2.35. The van der Waals surface area contributed by atoms with Crippen LogP contribution in [0.4, 0.5) is 5.69 Å². The van der Waals surface area contributed by atoms with Crippen LogP contribution in [0, 0.1) is 0 Å². The Morgan fingerprint density at radius 2 is 1.73 bits per heavy atom. The Hall–Kier alpha value is -2.74. The van der Waals surface area contributed by atoms with Crippen molar-refractivity contribution in [1.82, 2.24) is 4.90 Å². The molecule has 2 aromatic carbocycles. The van der Waals surface area contributed by atoms with Gasteiger partial charge in [0.1, 0.15) is 11.5 Å². The average molecular weight is 433 g/mol. The molecule has 0 bridgehead atoms. The summed E-state index contributed by atoms with van der Waals surface area (Å²) < 4.78 is 39.7. The van der Waals surface area contributed by atoms with Crippen molar-refractivity contribution in [2.24, 2.45) is 0 Å². The number of sulfonamides is 1. The Kier molecular flexibility index (Phi) is 6.87. The van der Waals surface area contributed by atoms with Crippen LogP contribution in [-0.4, -0.2) is 45.5 Å². The van der Waals surface area contributed by atoms with Gasteiger partial charge in [-0.1, -0.05) is 12.1 Å². The summed E-state index contributed by atoms with van der Waals surface area (Å²) in [6.45, 7) is 5.06. The Bertz CT molecular complexity index is 998. The van der Waals surface area contributed by atoms with Crippen molar-refractivity contribution < 1.29 is 22.7 Å². The predicted octanol–water partition coefficient (Wildman–Crippen LogP) is 3.91. The SMILES string of the molecule is COc1ccc(S(=O)(=O)Nc2ccccc2OC(C)C)cc1C(=O)N1CCCCC1. The van der Waals surface area contributed by atoms with E-state index in [1.54, 1.807) is 29.2 Å². The molecule has 7 nitrogen and oxygen atoms in total. The highest BCUT2D eigenvalue weighted by molar-refractivity contribution is 7.92. The minimum absolute atomic E-state index is 0.0111. The second-order valence-corrected chi connectivity index (χ2v) is 9.17. The number of amides is 1. The number of hydrogen-bond donors (Lipinski definition) is 1. The molecule has 2 aromatic rings. The maximum atomic E-state index is 13.1. The van der Waals surface area contributed by atoms with E-state index in [2.05, 4.69) is 4.72 Å². The third-order valence-corrected chi connectivity index (χ3v) is 6.21. The molecule has 162 valence electrons. The normalized spacial score (nSPS) is 14.5. The Balaban J connectivity index is 1.92. The lowest BCUT2D eigenvalue weighted by atomic mass is 10.1. The fourth-order valence-corrected chi connectivity index (χ4v) is 4.50. The highest BCUT2D eigenvalue weighted by Crippen LogP contribution is 2.30. The van der Waals surface area contributed by atoms with Crippen LogP contribution in [0.15, 0.2) is 47.4 Å². The van der Waals surface area contributed by atoms with Gasteiger partial charge in [-0.3, -0.25) is 9.52 Å². The molecule has 8 heteroatoms. The number of carbonyl (C=O) groups excluding carboxylic acids is 1. The number of rotatable bonds is 7. The molecule has 0 unspecified atom stereocenters. The fourth-order valence-electron chi connectivity index (χ4n) is 3.40. The second-order valence-electron chi connectivity index (χ2n) is 7.48. The zero-order valence-corrected chi connectivity index (χ0v) is 18.4. The van der Waals surface area contributed by atoms with Crippen LogP contribution in [0.3, 0.4) is 0 Å². The highest BCUT2D eigenvalue weighted by Gasteiger charge is 2.25. The van der Waals surface area contributed by atoms with E-state index in [1.165, 1.54) is 25.3 Å². The van der Waals surface area contributed by atoms with Gasteiger partial charge in [0.2, 0.25) is 0 Å². The lowest BCUT2D eigenvalue weighted by molar-refractivity contribution is 0.0720. The molecule has 0 aromatic heterocycles. The van der Waals surface area contributed by atoms with Crippen molar-refractivity contribution in [2.75, 3.05) is 24.9 Å². The summed E-state index contributed by atoms with van der Waals surface area (Å²) in [4.78, 5) is 14.7. The number of para-hydroxylation sites is 2. The van der Waals surface area contributed by atoms with E-state index in [0.717, 1.165) is 19.3 Å². The van der Waals surface area contributed by atoms with Crippen LogP contribution in [0.1, 0.15) is 43.5 Å². The molecule has 1 heterocycles. The van der Waals surface area contributed by atoms with E-state index in [9.17, 15) is 13.2 Å². The number of hydrogen-bond acceptors (Lipinski definition) is 5. The second kappa shape index (κ2) is 9.38. The lowest BCUT2D eigenvalue weighted by Gasteiger charge is -2.27. The molecule has 0 spiro atoms. The van der Waals surface area contributed by atoms with Gasteiger partial charge < -0.3 is 14.4 Å². The topological polar surface area (TPSA) is 84.9 Å². The zero-order valence-electron chi connectivity index (χ0n) is 17.6. The standard InChI is InChI=1S/C22H28N2O5S/c1-16(2)29-21-10-6-5-9-19(21)23-30(26,27)17-11-12-20(28-3)18(15-17)22(25)24-13-7-4-8-14-24/h5-6,9-12,15-16,23H,4,7-8,13-14H2,1-3H3. The van der Waals surface area contributed by atoms with Gasteiger partial charge in [-0.25, -0.2) is 8.42 Å². The van der Waals surface area contributed by atoms with Crippen molar-refractivity contribution in [3.8, 4) is 11.5 Å². The summed E-state index contributed by atoms with van der Waals surface area (Å²) in [5, 5.41) is 0.